The molecule has 0 spiro atoms. The van der Waals surface area contributed by atoms with Crippen molar-refractivity contribution in [2.45, 2.75) is 51.9 Å². The fourth-order valence-electron chi connectivity index (χ4n) is 1.56. The summed E-state index contributed by atoms with van der Waals surface area (Å²) >= 11 is 5.85. The van der Waals surface area contributed by atoms with Crippen LogP contribution in [-0.2, 0) is 0 Å². The number of alkyl halides is 1. The van der Waals surface area contributed by atoms with E-state index in [4.69, 9.17) is 11.6 Å². The van der Waals surface area contributed by atoms with Gasteiger partial charge in [-0.15, -0.1) is 0 Å². The molecule has 0 aromatic rings. The van der Waals surface area contributed by atoms with Gasteiger partial charge in [0.05, 0.1) is 20.6 Å². The second kappa shape index (κ2) is 11.2. The Morgan fingerprint density at radius 3 is 1.80 bits per heavy atom. The molecule has 15 heavy (non-hydrogen) atoms. The number of rotatable bonds is 9. The lowest BCUT2D eigenvalue weighted by molar-refractivity contribution is -0.879. The van der Waals surface area contributed by atoms with Gasteiger partial charge in [-0.25, -0.2) is 0 Å². The fourth-order valence-corrected chi connectivity index (χ4v) is 1.68. The molecule has 0 aliphatic heterocycles. The third kappa shape index (κ3) is 12.7. The molecule has 0 atom stereocenters. The van der Waals surface area contributed by atoms with Crippen molar-refractivity contribution in [3.05, 3.63) is 0 Å². The van der Waals surface area contributed by atoms with Crippen molar-refractivity contribution in [2.75, 3.05) is 26.6 Å². The molecule has 94 valence electrons. The zero-order valence-corrected chi connectivity index (χ0v) is 12.9. The zero-order valence-electron chi connectivity index (χ0n) is 10.6. The van der Waals surface area contributed by atoms with E-state index in [2.05, 4.69) is 21.0 Å². The number of hydrogen-bond acceptors (Lipinski definition) is 0. The molecular weight excluding hydrogens is 273 g/mol. The van der Waals surface area contributed by atoms with Gasteiger partial charge in [-0.05, 0) is 12.8 Å². The van der Waals surface area contributed by atoms with Gasteiger partial charge < -0.3 is 21.5 Å². The second-order valence-corrected chi connectivity index (χ2v) is 5.14. The Kier molecular flexibility index (Phi) is 13.5. The fraction of sp³-hybridized carbons (Fsp3) is 1.00. The van der Waals surface area contributed by atoms with Gasteiger partial charge in [0.15, 0.2) is 6.00 Å². The van der Waals surface area contributed by atoms with Crippen LogP contribution in [-0.4, -0.2) is 31.1 Å². The maximum atomic E-state index is 5.85. The molecule has 0 N–H and O–H groups in total. The van der Waals surface area contributed by atoms with Gasteiger partial charge in [0.2, 0.25) is 0 Å². The number of unbranched alkanes of at least 4 members (excludes halogenated alkanes) is 6. The van der Waals surface area contributed by atoms with Gasteiger partial charge in [-0.1, -0.05) is 50.6 Å². The normalized spacial score (nSPS) is 11.2. The average molecular weight is 301 g/mol. The second-order valence-electron chi connectivity index (χ2n) is 4.90. The van der Waals surface area contributed by atoms with Crippen LogP contribution in [0.1, 0.15) is 51.9 Å². The summed E-state index contributed by atoms with van der Waals surface area (Å²) in [6.45, 7) is 3.48. The first-order valence-corrected chi connectivity index (χ1v) is 6.54. The molecule has 0 saturated heterocycles. The molecule has 0 fully saturated rings. The minimum absolute atomic E-state index is 0. The summed E-state index contributed by atoms with van der Waals surface area (Å²) in [6, 6.07) is 0.732. The van der Waals surface area contributed by atoms with E-state index in [0.29, 0.717) is 0 Å². The Bertz CT molecular complexity index is 129. The monoisotopic (exact) mass is 299 g/mol. The van der Waals surface area contributed by atoms with Crippen molar-refractivity contribution < 1.29 is 21.5 Å². The Hall–Kier alpha value is 0.730. The lowest BCUT2D eigenvalue weighted by atomic mass is 10.1. The molecule has 0 rings (SSSR count). The highest BCUT2D eigenvalue weighted by molar-refractivity contribution is 6.16. The van der Waals surface area contributed by atoms with Crippen molar-refractivity contribution >= 4 is 11.6 Å². The molecule has 0 aromatic heterocycles. The first-order chi connectivity index (χ1) is 6.62. The van der Waals surface area contributed by atoms with Crippen LogP contribution in [0.2, 0.25) is 0 Å². The predicted octanol–water partition coefficient (Wildman–Crippen LogP) is 1.01. The number of quaternary nitrogens is 1. The van der Waals surface area contributed by atoms with Gasteiger partial charge in [0, 0.05) is 0 Å². The lowest BCUT2D eigenvalue weighted by Crippen LogP contribution is -3.00. The molecular formula is C12H27BrClN. The number of nitrogens with zero attached hydrogens (tertiary/aromatic N) is 1. The molecule has 0 radical (unpaired) electrons. The van der Waals surface area contributed by atoms with E-state index in [1.165, 1.54) is 51.5 Å². The maximum absolute atomic E-state index is 5.85. The molecule has 0 bridgehead atoms. The summed E-state index contributed by atoms with van der Waals surface area (Å²) in [6.07, 6.45) is 9.70. The van der Waals surface area contributed by atoms with Gasteiger partial charge in [0.25, 0.3) is 0 Å². The summed E-state index contributed by atoms with van der Waals surface area (Å²) in [5, 5.41) is 0. The van der Waals surface area contributed by atoms with E-state index in [9.17, 15) is 0 Å². The third-order valence-corrected chi connectivity index (χ3v) is 3.34. The topological polar surface area (TPSA) is 0 Å². The summed E-state index contributed by atoms with van der Waals surface area (Å²) < 4.78 is 0.955. The number of hydrogen-bond donors (Lipinski definition) is 0. The minimum atomic E-state index is 0. The van der Waals surface area contributed by atoms with Crippen molar-refractivity contribution in [1.29, 1.82) is 0 Å². The highest BCUT2D eigenvalue weighted by Gasteiger charge is 2.11. The molecule has 1 nitrogen and oxygen atoms in total. The zero-order chi connectivity index (χ0) is 10.9. The molecule has 0 heterocycles. The predicted molar refractivity (Wildman–Crippen MR) is 65.7 cm³/mol. The summed E-state index contributed by atoms with van der Waals surface area (Å²) in [5.41, 5.74) is 0. The van der Waals surface area contributed by atoms with E-state index < -0.39 is 0 Å². The van der Waals surface area contributed by atoms with Crippen LogP contribution in [0, 0.1) is 0 Å². The van der Waals surface area contributed by atoms with Crippen LogP contribution in [0.5, 0.6) is 0 Å². The molecule has 3 heteroatoms. The van der Waals surface area contributed by atoms with E-state index in [0.717, 1.165) is 10.5 Å². The molecule has 0 aromatic carbocycles. The van der Waals surface area contributed by atoms with Gasteiger partial charge >= 0.3 is 0 Å². The first kappa shape index (κ1) is 18.1. The summed E-state index contributed by atoms with van der Waals surface area (Å²) in [4.78, 5) is 0. The molecule has 0 unspecified atom stereocenters. The molecule has 0 aliphatic rings. The number of halogens is 2. The average Bonchev–Trinajstić information content (AvgIpc) is 2.16. The van der Waals surface area contributed by atoms with Gasteiger partial charge in [-0.2, -0.15) is 0 Å². The van der Waals surface area contributed by atoms with Crippen molar-refractivity contribution in [1.82, 2.24) is 0 Å². The maximum Gasteiger partial charge on any atom is 0.154 e. The largest absolute Gasteiger partial charge is 1.00 e. The minimum Gasteiger partial charge on any atom is -1.00 e. The third-order valence-electron chi connectivity index (χ3n) is 2.69. The Morgan fingerprint density at radius 2 is 1.33 bits per heavy atom. The van der Waals surface area contributed by atoms with Crippen LogP contribution in [0.4, 0.5) is 0 Å². The van der Waals surface area contributed by atoms with Crippen molar-refractivity contribution in [3.8, 4) is 0 Å². The standard InChI is InChI=1S/C12H27ClN.BrH/c1-4-5-6-7-8-9-10-11-14(2,3)12-13;/h4-12H2,1-3H3;1H/q+1;/p-1. The molecule has 0 aliphatic carbocycles. The molecule has 0 amide bonds. The van der Waals surface area contributed by atoms with Gasteiger partial charge in [0.1, 0.15) is 0 Å². The Balaban J connectivity index is 0. The Labute approximate surface area is 112 Å². The van der Waals surface area contributed by atoms with Crippen LogP contribution in [0.15, 0.2) is 0 Å². The van der Waals surface area contributed by atoms with Crippen molar-refractivity contribution in [2.24, 2.45) is 0 Å². The summed E-state index contributed by atoms with van der Waals surface area (Å²) in [5.74, 6) is 0. The molecule has 0 saturated carbocycles. The van der Waals surface area contributed by atoms with Crippen LogP contribution in [0.3, 0.4) is 0 Å². The van der Waals surface area contributed by atoms with E-state index in [-0.39, 0.29) is 17.0 Å². The highest BCUT2D eigenvalue weighted by Crippen LogP contribution is 2.09. The van der Waals surface area contributed by atoms with E-state index in [1.807, 2.05) is 0 Å². The van der Waals surface area contributed by atoms with Crippen molar-refractivity contribution in [3.63, 3.8) is 0 Å². The summed E-state index contributed by atoms with van der Waals surface area (Å²) in [7, 11) is 4.40. The SMILES string of the molecule is CCCCCCCCC[N+](C)(C)CCl.[Br-]. The van der Waals surface area contributed by atoms with Gasteiger partial charge in [-0.3, -0.25) is 0 Å². The van der Waals surface area contributed by atoms with Crippen LogP contribution >= 0.6 is 11.6 Å². The lowest BCUT2D eigenvalue weighted by Gasteiger charge is -2.26. The highest BCUT2D eigenvalue weighted by atomic mass is 79.9. The van der Waals surface area contributed by atoms with Crippen LogP contribution < -0.4 is 17.0 Å². The Morgan fingerprint density at radius 1 is 0.867 bits per heavy atom. The van der Waals surface area contributed by atoms with E-state index in [1.54, 1.807) is 0 Å². The quantitative estimate of drug-likeness (QED) is 0.258. The smallest absolute Gasteiger partial charge is 0.154 e. The van der Waals surface area contributed by atoms with Crippen LogP contribution in [0.25, 0.3) is 0 Å². The van der Waals surface area contributed by atoms with E-state index >= 15 is 0 Å². The first-order valence-electron chi connectivity index (χ1n) is 6.00.